The first-order valence-electron chi connectivity index (χ1n) is 6.18. The fraction of sp³-hybridized carbons (Fsp3) is 0.250. The minimum Gasteiger partial charge on any atom is -0.480 e. The third kappa shape index (κ3) is 4.49. The summed E-state index contributed by atoms with van der Waals surface area (Å²) in [6.45, 7) is -0.427. The molecule has 11 heteroatoms. The zero-order valence-corrected chi connectivity index (χ0v) is 11.4. The molecule has 2 aromatic rings. The lowest BCUT2D eigenvalue weighted by Gasteiger charge is -2.06. The summed E-state index contributed by atoms with van der Waals surface area (Å²) in [6, 6.07) is 1.71. The fourth-order valence-corrected chi connectivity index (χ4v) is 1.60. The molecule has 122 valence electrons. The predicted octanol–water partition coefficient (Wildman–Crippen LogP) is 0.707. The molecule has 0 aromatic carbocycles. The lowest BCUT2D eigenvalue weighted by Crippen LogP contribution is -2.23. The Balaban J connectivity index is 1.94. The number of aliphatic carboxylic acids is 1. The van der Waals surface area contributed by atoms with Gasteiger partial charge in [-0.05, 0) is 12.1 Å². The van der Waals surface area contributed by atoms with Crippen LogP contribution >= 0.6 is 0 Å². The molecule has 8 nitrogen and oxygen atoms in total. The lowest BCUT2D eigenvalue weighted by molar-refractivity contribution is -0.141. The second-order valence-corrected chi connectivity index (χ2v) is 4.41. The molecule has 0 fully saturated rings. The van der Waals surface area contributed by atoms with E-state index >= 15 is 0 Å². The molecule has 0 radical (unpaired) electrons. The van der Waals surface area contributed by atoms with Crippen molar-refractivity contribution in [1.29, 1.82) is 0 Å². The van der Waals surface area contributed by atoms with Gasteiger partial charge in [-0.15, -0.1) is 5.10 Å². The van der Waals surface area contributed by atoms with Crippen LogP contribution in [0.4, 0.5) is 13.2 Å². The molecule has 1 amide bonds. The van der Waals surface area contributed by atoms with Crippen LogP contribution in [0.25, 0.3) is 0 Å². The van der Waals surface area contributed by atoms with Crippen LogP contribution in [0.1, 0.15) is 21.7 Å². The van der Waals surface area contributed by atoms with Gasteiger partial charge in [0, 0.05) is 6.20 Å². The van der Waals surface area contributed by atoms with E-state index in [-0.39, 0.29) is 18.7 Å². The number of carboxylic acid groups (broad SMARTS) is 1. The Hall–Kier alpha value is -2.98. The highest BCUT2D eigenvalue weighted by atomic mass is 19.4. The van der Waals surface area contributed by atoms with E-state index in [1.165, 1.54) is 6.20 Å². The van der Waals surface area contributed by atoms with Crippen molar-refractivity contribution in [2.75, 3.05) is 0 Å². The molecule has 0 unspecified atom stereocenters. The highest BCUT2D eigenvalue weighted by Crippen LogP contribution is 2.27. The van der Waals surface area contributed by atoms with Crippen LogP contribution in [-0.4, -0.2) is 37.0 Å². The third-order valence-corrected chi connectivity index (χ3v) is 2.63. The number of nitrogens with one attached hydrogen (secondary N) is 1. The van der Waals surface area contributed by atoms with Gasteiger partial charge in [0.2, 0.25) is 0 Å². The summed E-state index contributed by atoms with van der Waals surface area (Å²) >= 11 is 0. The quantitative estimate of drug-likeness (QED) is 0.836. The van der Waals surface area contributed by atoms with Gasteiger partial charge in [0.25, 0.3) is 5.91 Å². The normalized spacial score (nSPS) is 11.3. The number of hydrogen-bond donors (Lipinski definition) is 2. The molecule has 2 aromatic heterocycles. The van der Waals surface area contributed by atoms with E-state index in [4.69, 9.17) is 5.11 Å². The van der Waals surface area contributed by atoms with Crippen molar-refractivity contribution in [3.63, 3.8) is 0 Å². The topological polar surface area (TPSA) is 110 Å². The van der Waals surface area contributed by atoms with Crippen LogP contribution in [0, 0.1) is 0 Å². The van der Waals surface area contributed by atoms with Gasteiger partial charge in [0.05, 0.1) is 18.3 Å². The van der Waals surface area contributed by atoms with Crippen molar-refractivity contribution in [3.8, 4) is 0 Å². The first-order chi connectivity index (χ1) is 10.8. The number of carbonyl (C=O) groups is 2. The monoisotopic (exact) mass is 329 g/mol. The molecule has 0 saturated heterocycles. The van der Waals surface area contributed by atoms with Crippen LogP contribution in [-0.2, 0) is 24.1 Å². The number of carbonyl (C=O) groups excluding carboxylic acids is 1. The van der Waals surface area contributed by atoms with Gasteiger partial charge < -0.3 is 10.4 Å². The lowest BCUT2D eigenvalue weighted by atomic mass is 10.2. The number of halogens is 3. The van der Waals surface area contributed by atoms with Crippen LogP contribution in [0.15, 0.2) is 24.5 Å². The van der Waals surface area contributed by atoms with E-state index < -0.39 is 23.7 Å². The SMILES string of the molecule is O=C(O)Cn1cc(CNC(=O)c2ccc(C(F)(F)F)nc2)nn1. The summed E-state index contributed by atoms with van der Waals surface area (Å²) in [4.78, 5) is 25.4. The number of rotatable bonds is 5. The van der Waals surface area contributed by atoms with Crippen LogP contribution < -0.4 is 5.32 Å². The summed E-state index contributed by atoms with van der Waals surface area (Å²) in [7, 11) is 0. The highest BCUT2D eigenvalue weighted by Gasteiger charge is 2.32. The smallest absolute Gasteiger partial charge is 0.433 e. The second-order valence-electron chi connectivity index (χ2n) is 4.41. The highest BCUT2D eigenvalue weighted by molar-refractivity contribution is 5.93. The molecule has 0 spiro atoms. The van der Waals surface area contributed by atoms with Gasteiger partial charge in [-0.3, -0.25) is 14.6 Å². The Morgan fingerprint density at radius 1 is 1.30 bits per heavy atom. The Bertz CT molecular complexity index is 711. The molecule has 0 atom stereocenters. The zero-order valence-electron chi connectivity index (χ0n) is 11.4. The summed E-state index contributed by atoms with van der Waals surface area (Å²) in [6.07, 6.45) is -2.42. The minimum absolute atomic E-state index is 0.0454. The molecular weight excluding hydrogens is 319 g/mol. The number of nitrogens with zero attached hydrogens (tertiary/aromatic N) is 4. The van der Waals surface area contributed by atoms with E-state index in [0.29, 0.717) is 11.8 Å². The molecule has 2 rings (SSSR count). The fourth-order valence-electron chi connectivity index (χ4n) is 1.60. The number of hydrogen-bond acceptors (Lipinski definition) is 5. The van der Waals surface area contributed by atoms with Crippen molar-refractivity contribution < 1.29 is 27.9 Å². The summed E-state index contributed by atoms with van der Waals surface area (Å²) in [5, 5.41) is 18.2. The molecule has 2 N–H and O–H groups in total. The molecule has 2 heterocycles. The second kappa shape index (κ2) is 6.42. The maximum absolute atomic E-state index is 12.4. The predicted molar refractivity (Wildman–Crippen MR) is 68.1 cm³/mol. The summed E-state index contributed by atoms with van der Waals surface area (Å²) in [5.41, 5.74) is -0.832. The molecule has 23 heavy (non-hydrogen) atoms. The van der Waals surface area contributed by atoms with Crippen molar-refractivity contribution in [2.24, 2.45) is 0 Å². The Kier molecular flexibility index (Phi) is 4.57. The Morgan fingerprint density at radius 3 is 2.61 bits per heavy atom. The maximum Gasteiger partial charge on any atom is 0.433 e. The van der Waals surface area contributed by atoms with Gasteiger partial charge in [-0.2, -0.15) is 13.2 Å². The summed E-state index contributed by atoms with van der Waals surface area (Å²) in [5.74, 6) is -1.74. The molecule has 0 aliphatic heterocycles. The Labute approximate surface area is 126 Å². The number of amides is 1. The van der Waals surface area contributed by atoms with E-state index in [0.717, 1.165) is 16.9 Å². The number of pyridine rings is 1. The summed E-state index contributed by atoms with van der Waals surface area (Å²) < 4.78 is 38.2. The standard InChI is InChI=1S/C12H10F3N5O3/c13-12(14,15)9-2-1-7(3-16-9)11(23)17-4-8-5-20(19-18-8)6-10(21)22/h1-3,5H,4,6H2,(H,17,23)(H,21,22). The van der Waals surface area contributed by atoms with Crippen LogP contribution in [0.2, 0.25) is 0 Å². The Morgan fingerprint density at radius 2 is 2.04 bits per heavy atom. The number of alkyl halides is 3. The zero-order chi connectivity index (χ0) is 17.0. The van der Waals surface area contributed by atoms with Crippen molar-refractivity contribution >= 4 is 11.9 Å². The first kappa shape index (κ1) is 16.4. The average Bonchev–Trinajstić information content (AvgIpc) is 2.90. The number of carboxylic acids is 1. The molecular formula is C12H10F3N5O3. The van der Waals surface area contributed by atoms with E-state index in [9.17, 15) is 22.8 Å². The van der Waals surface area contributed by atoms with Crippen LogP contribution in [0.3, 0.4) is 0 Å². The van der Waals surface area contributed by atoms with Gasteiger partial charge in [0.1, 0.15) is 17.9 Å². The van der Waals surface area contributed by atoms with E-state index in [2.05, 4.69) is 20.6 Å². The molecule has 0 aliphatic carbocycles. The van der Waals surface area contributed by atoms with E-state index in [1.807, 2.05) is 0 Å². The van der Waals surface area contributed by atoms with Crippen molar-refractivity contribution in [1.82, 2.24) is 25.3 Å². The van der Waals surface area contributed by atoms with Crippen molar-refractivity contribution in [2.45, 2.75) is 19.3 Å². The van der Waals surface area contributed by atoms with Crippen molar-refractivity contribution in [3.05, 3.63) is 41.5 Å². The third-order valence-electron chi connectivity index (χ3n) is 2.63. The average molecular weight is 329 g/mol. The number of aromatic nitrogens is 4. The first-order valence-corrected chi connectivity index (χ1v) is 6.18. The van der Waals surface area contributed by atoms with Gasteiger partial charge >= 0.3 is 12.1 Å². The molecule has 0 bridgehead atoms. The molecule has 0 aliphatic rings. The van der Waals surface area contributed by atoms with Gasteiger partial charge in [-0.1, -0.05) is 5.21 Å². The van der Waals surface area contributed by atoms with Crippen LogP contribution in [0.5, 0.6) is 0 Å². The maximum atomic E-state index is 12.4. The largest absolute Gasteiger partial charge is 0.480 e. The van der Waals surface area contributed by atoms with E-state index in [1.54, 1.807) is 0 Å². The molecule has 0 saturated carbocycles. The van der Waals surface area contributed by atoms with Gasteiger partial charge in [-0.25, -0.2) is 4.68 Å². The van der Waals surface area contributed by atoms with Gasteiger partial charge in [0.15, 0.2) is 0 Å². The minimum atomic E-state index is -4.57.